The lowest BCUT2D eigenvalue weighted by atomic mass is 10.1. The molecule has 0 fully saturated rings. The van der Waals surface area contributed by atoms with Crippen LogP contribution in [0.15, 0.2) is 29.8 Å². The molecule has 1 aromatic heterocycles. The Morgan fingerprint density at radius 3 is 2.78 bits per heavy atom. The normalized spacial score (nSPS) is 9.39. The summed E-state index contributed by atoms with van der Waals surface area (Å²) >= 11 is 0. The maximum atomic E-state index is 11.7. The number of nitroso groups, excluding NO2 is 1. The summed E-state index contributed by atoms with van der Waals surface area (Å²) in [6.45, 7) is 1.25. The van der Waals surface area contributed by atoms with Gasteiger partial charge in [-0.05, 0) is 18.6 Å². The van der Waals surface area contributed by atoms with Crippen LogP contribution in [0.2, 0.25) is 0 Å². The summed E-state index contributed by atoms with van der Waals surface area (Å²) in [4.78, 5) is 25.9. The molecule has 0 amide bonds. The van der Waals surface area contributed by atoms with E-state index in [9.17, 15) is 9.70 Å². The Balaban J connectivity index is 0.00000289. The van der Waals surface area contributed by atoms with Crippen LogP contribution in [-0.4, -0.2) is 35.4 Å². The first-order chi connectivity index (χ1) is 8.27. The number of aromatic nitrogens is 1. The summed E-state index contributed by atoms with van der Waals surface area (Å²) in [6, 6.07) is 3.45. The molecule has 1 heterocycles. The van der Waals surface area contributed by atoms with Gasteiger partial charge in [-0.2, -0.15) is 0 Å². The maximum absolute atomic E-state index is 11.7. The molecule has 5 N–H and O–H groups in total. The first-order valence-electron chi connectivity index (χ1n) is 5.49. The Labute approximate surface area is 106 Å². The third-order valence-electron chi connectivity index (χ3n) is 2.31. The fourth-order valence-electron chi connectivity index (χ4n) is 1.44. The van der Waals surface area contributed by atoms with Gasteiger partial charge >= 0.3 is 0 Å². The molecule has 0 radical (unpaired) electrons. The highest BCUT2D eigenvalue weighted by atomic mass is 16.3. The first kappa shape index (κ1) is 16.1. The molecule has 0 bridgehead atoms. The van der Waals surface area contributed by atoms with E-state index >= 15 is 0 Å². The molecule has 0 aliphatic carbocycles. The van der Waals surface area contributed by atoms with Gasteiger partial charge in [-0.3, -0.25) is 14.8 Å². The van der Waals surface area contributed by atoms with Gasteiger partial charge in [-0.1, -0.05) is 0 Å². The maximum Gasteiger partial charge on any atom is 0.164 e. The van der Waals surface area contributed by atoms with Crippen molar-refractivity contribution in [3.8, 4) is 0 Å². The summed E-state index contributed by atoms with van der Waals surface area (Å²) in [5.74, 6) is 0.0247. The molecule has 7 nitrogen and oxygen atoms in total. The third-order valence-corrected chi connectivity index (χ3v) is 2.31. The van der Waals surface area contributed by atoms with Crippen molar-refractivity contribution in [1.29, 1.82) is 0 Å². The predicted molar refractivity (Wildman–Crippen MR) is 69.2 cm³/mol. The minimum Gasteiger partial charge on any atom is -0.344 e. The number of nitrogens with zero attached hydrogens (tertiary/aromatic N) is 3. The monoisotopic (exact) mass is 253 g/mol. The number of hydrogen-bond acceptors (Lipinski definition) is 6. The van der Waals surface area contributed by atoms with E-state index in [-0.39, 0.29) is 11.9 Å². The molecule has 0 atom stereocenters. The fraction of sp³-hybridized carbons (Fsp3) is 0.455. The molecule has 0 aliphatic heterocycles. The number of nitrogens with two attached hydrogens (primary N) is 1. The van der Waals surface area contributed by atoms with Gasteiger partial charge in [0.1, 0.15) is 0 Å². The number of carbonyl (C=O) groups is 1. The lowest BCUT2D eigenvalue weighted by Crippen LogP contribution is -2.25. The number of ketones is 1. The van der Waals surface area contributed by atoms with Gasteiger partial charge < -0.3 is 11.9 Å². The van der Waals surface area contributed by atoms with Crippen LogP contribution in [0.25, 0.3) is 0 Å². The molecule has 0 spiro atoms. The fourth-order valence-corrected chi connectivity index (χ4v) is 1.44. The minimum absolute atomic E-state index is 0. The molecule has 0 aromatic carbocycles. The highest BCUT2D eigenvalue weighted by Crippen LogP contribution is 2.04. The standard InChI is InChI=1S/C11H16N4O2.H3N/c12-5-8-15(14-17)7-2-4-11(16)10-3-1-6-13-9-10;/h1,3,6,9H,2,4-5,7-8,12H2;1H3. The van der Waals surface area contributed by atoms with Crippen molar-refractivity contribution in [2.75, 3.05) is 19.6 Å². The van der Waals surface area contributed by atoms with E-state index in [1.807, 2.05) is 0 Å². The number of carbonyl (C=O) groups excluding carboxylic acids is 1. The molecule has 18 heavy (non-hydrogen) atoms. The Hall–Kier alpha value is -1.86. The topological polar surface area (TPSA) is 124 Å². The van der Waals surface area contributed by atoms with E-state index in [0.717, 1.165) is 0 Å². The van der Waals surface area contributed by atoms with Crippen molar-refractivity contribution in [2.45, 2.75) is 12.8 Å². The average Bonchev–Trinajstić information content (AvgIpc) is 2.38. The van der Waals surface area contributed by atoms with Crippen LogP contribution in [0.5, 0.6) is 0 Å². The van der Waals surface area contributed by atoms with Gasteiger partial charge in [-0.15, -0.1) is 4.91 Å². The van der Waals surface area contributed by atoms with Crippen LogP contribution < -0.4 is 11.9 Å². The van der Waals surface area contributed by atoms with Crippen LogP contribution in [0.3, 0.4) is 0 Å². The molecule has 7 heteroatoms. The van der Waals surface area contributed by atoms with E-state index in [0.29, 0.717) is 38.0 Å². The van der Waals surface area contributed by atoms with E-state index in [4.69, 9.17) is 5.73 Å². The van der Waals surface area contributed by atoms with Crippen molar-refractivity contribution < 1.29 is 4.79 Å². The zero-order valence-corrected chi connectivity index (χ0v) is 10.3. The Morgan fingerprint density at radius 1 is 1.44 bits per heavy atom. The van der Waals surface area contributed by atoms with Crippen LogP contribution in [0, 0.1) is 4.91 Å². The van der Waals surface area contributed by atoms with Crippen molar-refractivity contribution in [1.82, 2.24) is 16.1 Å². The van der Waals surface area contributed by atoms with E-state index < -0.39 is 0 Å². The van der Waals surface area contributed by atoms with Gasteiger partial charge in [0.2, 0.25) is 0 Å². The zero-order valence-electron chi connectivity index (χ0n) is 10.3. The second kappa shape index (κ2) is 9.20. The number of pyridine rings is 1. The molecule has 0 saturated heterocycles. The van der Waals surface area contributed by atoms with Gasteiger partial charge in [0, 0.05) is 37.5 Å². The SMILES string of the molecule is N.NCCN(CCCC(=O)c1cccnc1)N=O. The van der Waals surface area contributed by atoms with Crippen LogP contribution in [0.1, 0.15) is 23.2 Å². The first-order valence-corrected chi connectivity index (χ1v) is 5.49. The highest BCUT2D eigenvalue weighted by molar-refractivity contribution is 5.95. The quantitative estimate of drug-likeness (QED) is 0.407. The summed E-state index contributed by atoms with van der Waals surface area (Å²) < 4.78 is 0. The molecule has 1 rings (SSSR count). The number of hydrogen-bond donors (Lipinski definition) is 2. The smallest absolute Gasteiger partial charge is 0.164 e. The molecular weight excluding hydrogens is 234 g/mol. The Bertz CT molecular complexity index is 358. The largest absolute Gasteiger partial charge is 0.344 e. The second-order valence-electron chi connectivity index (χ2n) is 3.59. The second-order valence-corrected chi connectivity index (χ2v) is 3.59. The van der Waals surface area contributed by atoms with Crippen molar-refractivity contribution in [2.24, 2.45) is 11.0 Å². The molecule has 100 valence electrons. The molecular formula is C11H19N5O2. The summed E-state index contributed by atoms with van der Waals surface area (Å²) in [5.41, 5.74) is 5.91. The molecule has 0 saturated carbocycles. The Kier molecular flexibility index (Phi) is 8.25. The lowest BCUT2D eigenvalue weighted by molar-refractivity contribution is 0.0974. The van der Waals surface area contributed by atoms with Crippen molar-refractivity contribution >= 4 is 5.78 Å². The highest BCUT2D eigenvalue weighted by Gasteiger charge is 2.07. The summed E-state index contributed by atoms with van der Waals surface area (Å²) in [5, 5.41) is 4.16. The van der Waals surface area contributed by atoms with Crippen molar-refractivity contribution in [3.05, 3.63) is 35.0 Å². The van der Waals surface area contributed by atoms with Crippen molar-refractivity contribution in [3.63, 3.8) is 0 Å². The van der Waals surface area contributed by atoms with Gasteiger partial charge in [-0.25, -0.2) is 0 Å². The van der Waals surface area contributed by atoms with Gasteiger partial charge in [0.25, 0.3) is 0 Å². The van der Waals surface area contributed by atoms with Gasteiger partial charge in [0.05, 0.1) is 11.8 Å². The molecule has 0 unspecified atom stereocenters. The van der Waals surface area contributed by atoms with Crippen LogP contribution in [-0.2, 0) is 0 Å². The van der Waals surface area contributed by atoms with E-state index in [1.54, 1.807) is 18.3 Å². The van der Waals surface area contributed by atoms with Crippen LogP contribution in [0.4, 0.5) is 0 Å². The lowest BCUT2D eigenvalue weighted by Gasteiger charge is -2.12. The minimum atomic E-state index is 0. The summed E-state index contributed by atoms with van der Waals surface area (Å²) in [7, 11) is 0. The Morgan fingerprint density at radius 2 is 2.22 bits per heavy atom. The third kappa shape index (κ3) is 5.46. The molecule has 1 aromatic rings. The number of Topliss-reactive ketones (excluding diaryl/α,β-unsaturated/α-hetero) is 1. The summed E-state index contributed by atoms with van der Waals surface area (Å²) in [6.07, 6.45) is 4.12. The number of rotatable bonds is 8. The average molecular weight is 253 g/mol. The van der Waals surface area contributed by atoms with E-state index in [2.05, 4.69) is 10.3 Å². The van der Waals surface area contributed by atoms with Gasteiger partial charge in [0.15, 0.2) is 5.78 Å². The predicted octanol–water partition coefficient (Wildman–Crippen LogP) is 1.15. The van der Waals surface area contributed by atoms with E-state index in [1.165, 1.54) is 11.2 Å². The zero-order chi connectivity index (χ0) is 12.5. The van der Waals surface area contributed by atoms with Crippen LogP contribution >= 0.6 is 0 Å². The molecule has 0 aliphatic rings.